The Balaban J connectivity index is 1.83. The van der Waals surface area contributed by atoms with Gasteiger partial charge in [-0.2, -0.15) is 0 Å². The van der Waals surface area contributed by atoms with Gasteiger partial charge < -0.3 is 25.7 Å². The van der Waals surface area contributed by atoms with Gasteiger partial charge in [-0.1, -0.05) is 31.9 Å². The molecule has 33 heavy (non-hydrogen) atoms. The summed E-state index contributed by atoms with van der Waals surface area (Å²) in [7, 11) is 1.73. The largest absolute Gasteiger partial charge is 0.496 e. The van der Waals surface area contributed by atoms with Crippen molar-refractivity contribution < 1.29 is 4.74 Å². The van der Waals surface area contributed by atoms with Crippen molar-refractivity contribution in [2.75, 3.05) is 51.8 Å². The molecule has 0 radical (unpaired) electrons. The van der Waals surface area contributed by atoms with Crippen molar-refractivity contribution in [3.63, 3.8) is 0 Å². The SMILES string of the molecule is C=NC(=NCCCCC)c1c(NCN)ccn1Cc1ccc(CN2CCNCC2)cc1OC. The first-order valence-electron chi connectivity index (χ1n) is 11.9. The van der Waals surface area contributed by atoms with Gasteiger partial charge in [-0.15, -0.1) is 0 Å². The summed E-state index contributed by atoms with van der Waals surface area (Å²) in [6, 6.07) is 8.54. The van der Waals surface area contributed by atoms with E-state index in [1.165, 1.54) is 5.56 Å². The molecule has 0 unspecified atom stereocenters. The van der Waals surface area contributed by atoms with Crippen LogP contribution in [0.4, 0.5) is 5.69 Å². The van der Waals surface area contributed by atoms with Gasteiger partial charge in [0.1, 0.15) is 11.4 Å². The first kappa shape index (κ1) is 25.0. The third-order valence-corrected chi connectivity index (χ3v) is 5.95. The lowest BCUT2D eigenvalue weighted by Gasteiger charge is -2.27. The molecular formula is C25H39N7O. The van der Waals surface area contributed by atoms with E-state index in [1.54, 1.807) is 7.11 Å². The van der Waals surface area contributed by atoms with Crippen LogP contribution in [0.3, 0.4) is 0 Å². The first-order valence-corrected chi connectivity index (χ1v) is 11.9. The number of hydrogen-bond donors (Lipinski definition) is 3. The molecule has 4 N–H and O–H groups in total. The quantitative estimate of drug-likeness (QED) is 0.199. The van der Waals surface area contributed by atoms with Crippen LogP contribution in [-0.2, 0) is 13.1 Å². The third-order valence-electron chi connectivity index (χ3n) is 5.95. The van der Waals surface area contributed by atoms with Crippen LogP contribution >= 0.6 is 0 Å². The molecule has 2 heterocycles. The lowest BCUT2D eigenvalue weighted by atomic mass is 10.1. The zero-order chi connectivity index (χ0) is 23.5. The number of rotatable bonds is 12. The highest BCUT2D eigenvalue weighted by molar-refractivity contribution is 6.04. The Hall–Kier alpha value is -2.68. The summed E-state index contributed by atoms with van der Waals surface area (Å²) in [4.78, 5) is 11.5. The maximum atomic E-state index is 5.78. The summed E-state index contributed by atoms with van der Waals surface area (Å²) < 4.78 is 7.91. The summed E-state index contributed by atoms with van der Waals surface area (Å²) >= 11 is 0. The summed E-state index contributed by atoms with van der Waals surface area (Å²) in [5, 5.41) is 6.63. The van der Waals surface area contributed by atoms with Crippen LogP contribution < -0.4 is 21.1 Å². The molecule has 0 saturated carbocycles. The van der Waals surface area contributed by atoms with Gasteiger partial charge >= 0.3 is 0 Å². The van der Waals surface area contributed by atoms with Crippen LogP contribution in [0.15, 0.2) is 40.4 Å². The van der Waals surface area contributed by atoms with Crippen molar-refractivity contribution in [1.82, 2.24) is 14.8 Å². The van der Waals surface area contributed by atoms with E-state index in [2.05, 4.69) is 56.9 Å². The highest BCUT2D eigenvalue weighted by Crippen LogP contribution is 2.26. The molecule has 1 fully saturated rings. The molecule has 1 aromatic heterocycles. The van der Waals surface area contributed by atoms with E-state index in [0.29, 0.717) is 19.0 Å². The highest BCUT2D eigenvalue weighted by Gasteiger charge is 2.17. The fourth-order valence-electron chi connectivity index (χ4n) is 4.18. The van der Waals surface area contributed by atoms with Crippen molar-refractivity contribution in [2.45, 2.75) is 39.3 Å². The van der Waals surface area contributed by atoms with Gasteiger partial charge in [0.25, 0.3) is 0 Å². The van der Waals surface area contributed by atoms with E-state index < -0.39 is 0 Å². The Bertz CT molecular complexity index is 915. The van der Waals surface area contributed by atoms with Crippen LogP contribution in [-0.4, -0.2) is 68.5 Å². The topological polar surface area (TPSA) is 92.2 Å². The smallest absolute Gasteiger partial charge is 0.173 e. The van der Waals surface area contributed by atoms with Gasteiger partial charge in [0.05, 0.1) is 26.0 Å². The highest BCUT2D eigenvalue weighted by atomic mass is 16.5. The number of nitrogens with one attached hydrogen (secondary N) is 2. The Kier molecular flexibility index (Phi) is 9.93. The van der Waals surface area contributed by atoms with E-state index >= 15 is 0 Å². The number of anilines is 1. The minimum absolute atomic E-state index is 0.335. The summed E-state index contributed by atoms with van der Waals surface area (Å²) in [5.74, 6) is 1.53. The predicted octanol–water partition coefficient (Wildman–Crippen LogP) is 2.92. The second-order valence-electron chi connectivity index (χ2n) is 8.33. The molecule has 0 spiro atoms. The van der Waals surface area contributed by atoms with Crippen molar-refractivity contribution in [3.05, 3.63) is 47.3 Å². The molecule has 3 rings (SSSR count). The number of benzene rings is 1. The minimum atomic E-state index is 0.335. The fraction of sp³-hybridized carbons (Fsp3) is 0.520. The second kappa shape index (κ2) is 13.1. The Morgan fingerprint density at radius 3 is 2.73 bits per heavy atom. The number of nitrogens with two attached hydrogens (primary N) is 1. The number of nitrogens with zero attached hydrogens (tertiary/aromatic N) is 4. The Labute approximate surface area is 197 Å². The number of amidine groups is 1. The fourth-order valence-corrected chi connectivity index (χ4v) is 4.18. The minimum Gasteiger partial charge on any atom is -0.496 e. The van der Waals surface area contributed by atoms with E-state index in [1.807, 2.05) is 12.3 Å². The van der Waals surface area contributed by atoms with Crippen molar-refractivity contribution in [2.24, 2.45) is 15.7 Å². The van der Waals surface area contributed by atoms with Crippen LogP contribution in [0.2, 0.25) is 0 Å². The molecule has 8 nitrogen and oxygen atoms in total. The van der Waals surface area contributed by atoms with E-state index in [4.69, 9.17) is 15.5 Å². The Morgan fingerprint density at radius 2 is 2.03 bits per heavy atom. The lowest BCUT2D eigenvalue weighted by molar-refractivity contribution is 0.233. The number of piperazine rings is 1. The monoisotopic (exact) mass is 453 g/mol. The molecule has 2 aromatic rings. The van der Waals surface area contributed by atoms with E-state index in [-0.39, 0.29) is 0 Å². The Morgan fingerprint density at radius 1 is 1.21 bits per heavy atom. The molecule has 0 atom stereocenters. The molecule has 180 valence electrons. The summed E-state index contributed by atoms with van der Waals surface area (Å²) in [5.41, 5.74) is 9.96. The van der Waals surface area contributed by atoms with Gasteiger partial charge in [-0.3, -0.25) is 9.89 Å². The zero-order valence-electron chi connectivity index (χ0n) is 20.1. The predicted molar refractivity (Wildman–Crippen MR) is 138 cm³/mol. The van der Waals surface area contributed by atoms with Gasteiger partial charge in [0.2, 0.25) is 0 Å². The third kappa shape index (κ3) is 6.90. The van der Waals surface area contributed by atoms with E-state index in [0.717, 1.165) is 81.2 Å². The number of methoxy groups -OCH3 is 1. The number of aliphatic imine (C=N–C) groups is 2. The van der Waals surface area contributed by atoms with Gasteiger partial charge in [-0.25, -0.2) is 4.99 Å². The van der Waals surface area contributed by atoms with Crippen molar-refractivity contribution in [1.29, 1.82) is 0 Å². The summed E-state index contributed by atoms with van der Waals surface area (Å²) in [6.07, 6.45) is 5.39. The van der Waals surface area contributed by atoms with E-state index in [9.17, 15) is 0 Å². The maximum absolute atomic E-state index is 5.78. The molecule has 0 aliphatic carbocycles. The van der Waals surface area contributed by atoms with Gasteiger partial charge in [0.15, 0.2) is 5.84 Å². The zero-order valence-corrected chi connectivity index (χ0v) is 20.1. The number of hydrogen-bond acceptors (Lipinski definition) is 6. The van der Waals surface area contributed by atoms with Crippen LogP contribution in [0.5, 0.6) is 5.75 Å². The lowest BCUT2D eigenvalue weighted by Crippen LogP contribution is -2.42. The average molecular weight is 454 g/mol. The normalized spacial score (nSPS) is 14.9. The van der Waals surface area contributed by atoms with Crippen molar-refractivity contribution in [3.8, 4) is 5.75 Å². The molecule has 0 bridgehead atoms. The van der Waals surface area contributed by atoms with Gasteiger partial charge in [-0.05, 0) is 30.8 Å². The van der Waals surface area contributed by atoms with Gasteiger partial charge in [0, 0.05) is 51.0 Å². The van der Waals surface area contributed by atoms with Crippen LogP contribution in [0.25, 0.3) is 0 Å². The van der Waals surface area contributed by atoms with Crippen LogP contribution in [0.1, 0.15) is 43.0 Å². The standard InChI is InChI=1S/C25H39N7O/c1-4-5-6-10-29-25(27-2)24-22(30-19-26)9-13-32(24)18-21-8-7-20(16-23(21)33-3)17-31-14-11-28-12-15-31/h7-9,13,16,28,30H,2,4-6,10-12,14-15,17-19,26H2,1,3H3. The molecule has 1 aromatic carbocycles. The molecule has 1 aliphatic rings. The van der Waals surface area contributed by atoms with Crippen LogP contribution in [0, 0.1) is 0 Å². The molecule has 8 heteroatoms. The number of ether oxygens (including phenoxy) is 1. The molecule has 1 aliphatic heterocycles. The number of unbranched alkanes of at least 4 members (excludes halogenated alkanes) is 2. The molecule has 0 amide bonds. The second-order valence-corrected chi connectivity index (χ2v) is 8.33. The summed E-state index contributed by atoms with van der Waals surface area (Å²) in [6.45, 7) is 12.9. The molecular weight excluding hydrogens is 414 g/mol. The average Bonchev–Trinajstić information content (AvgIpc) is 3.23. The number of aromatic nitrogens is 1. The van der Waals surface area contributed by atoms with Crippen molar-refractivity contribution >= 4 is 18.2 Å². The first-order chi connectivity index (χ1) is 16.2. The maximum Gasteiger partial charge on any atom is 0.173 e. The molecule has 1 saturated heterocycles.